The van der Waals surface area contributed by atoms with Gasteiger partial charge in [-0.05, 0) is 46.5 Å². The van der Waals surface area contributed by atoms with Crippen LogP contribution in [0.15, 0.2) is 85.4 Å². The lowest BCUT2D eigenvalue weighted by Crippen LogP contribution is -2.22. The molecule has 0 atom stereocenters. The fourth-order valence-corrected chi connectivity index (χ4v) is 4.44. The molecule has 0 spiro atoms. The monoisotopic (exact) mass is 452 g/mol. The van der Waals surface area contributed by atoms with Crippen LogP contribution >= 0.6 is 0 Å². The van der Waals surface area contributed by atoms with Crippen LogP contribution in [-0.2, 0) is 11.5 Å². The second-order valence-corrected chi connectivity index (χ2v) is 15.2. The molecule has 0 aliphatic rings. The topological polar surface area (TPSA) is 27.1 Å². The highest BCUT2D eigenvalue weighted by atomic mass is 28.3. The van der Waals surface area contributed by atoms with Crippen molar-refractivity contribution >= 4 is 36.7 Å². The van der Waals surface area contributed by atoms with Crippen molar-refractivity contribution in [3.05, 3.63) is 108 Å². The predicted molar refractivity (Wildman–Crippen MR) is 144 cm³/mol. The van der Waals surface area contributed by atoms with Crippen molar-refractivity contribution in [3.63, 3.8) is 0 Å². The standard InChI is InChI=1S/C29H32N2OSi/c1-23(25-13-9-6-10-14-25)26-16-17-27-28(18-15-24-11-7-5-8-12-24)30-31(29(27)21-26)22-32-19-20-33(2,3)4/h5-18,21H,1,19-20,22H2,2-4H3/b18-15+. The van der Waals surface area contributed by atoms with Crippen LogP contribution in [0.3, 0.4) is 0 Å². The molecule has 0 saturated heterocycles. The largest absolute Gasteiger partial charge is 0.360 e. The number of fused-ring (bicyclic) bond motifs is 1. The second-order valence-electron chi connectivity index (χ2n) is 9.55. The van der Waals surface area contributed by atoms with Crippen LogP contribution in [0, 0.1) is 0 Å². The normalized spacial score (nSPS) is 12.0. The molecule has 0 amide bonds. The van der Waals surface area contributed by atoms with E-state index < -0.39 is 8.07 Å². The third-order valence-corrected chi connectivity index (χ3v) is 7.40. The third kappa shape index (κ3) is 5.98. The molecule has 4 heteroatoms. The first-order valence-electron chi connectivity index (χ1n) is 11.5. The fraction of sp³-hybridized carbons (Fsp3) is 0.207. The van der Waals surface area contributed by atoms with E-state index in [2.05, 4.69) is 80.8 Å². The SMILES string of the molecule is C=C(c1ccccc1)c1ccc2c(/C=C/c3ccccc3)nn(COCC[Si](C)(C)C)c2c1. The molecule has 1 heterocycles. The van der Waals surface area contributed by atoms with Gasteiger partial charge in [-0.3, -0.25) is 0 Å². The highest BCUT2D eigenvalue weighted by Gasteiger charge is 2.14. The first-order valence-corrected chi connectivity index (χ1v) is 15.2. The van der Waals surface area contributed by atoms with Gasteiger partial charge in [0.1, 0.15) is 6.73 Å². The molecule has 3 nitrogen and oxygen atoms in total. The summed E-state index contributed by atoms with van der Waals surface area (Å²) in [6.45, 7) is 12.7. The van der Waals surface area contributed by atoms with Gasteiger partial charge in [0.15, 0.2) is 0 Å². The summed E-state index contributed by atoms with van der Waals surface area (Å²) in [7, 11) is -1.13. The molecule has 168 valence electrons. The summed E-state index contributed by atoms with van der Waals surface area (Å²) in [5.41, 5.74) is 6.38. The third-order valence-electron chi connectivity index (χ3n) is 5.69. The van der Waals surface area contributed by atoms with Crippen LogP contribution in [0.25, 0.3) is 28.6 Å². The summed E-state index contributed by atoms with van der Waals surface area (Å²) < 4.78 is 8.03. The van der Waals surface area contributed by atoms with E-state index in [1.54, 1.807) is 0 Å². The number of benzene rings is 3. The Morgan fingerprint density at radius 3 is 2.30 bits per heavy atom. The lowest BCUT2D eigenvalue weighted by Gasteiger charge is -2.15. The Morgan fingerprint density at radius 2 is 1.61 bits per heavy atom. The van der Waals surface area contributed by atoms with Crippen LogP contribution in [0.1, 0.15) is 22.4 Å². The molecule has 33 heavy (non-hydrogen) atoms. The molecule has 0 aliphatic heterocycles. The van der Waals surface area contributed by atoms with Gasteiger partial charge in [0.05, 0.1) is 11.2 Å². The van der Waals surface area contributed by atoms with Gasteiger partial charge in [0, 0.05) is 20.1 Å². The lowest BCUT2D eigenvalue weighted by molar-refractivity contribution is 0.0816. The summed E-state index contributed by atoms with van der Waals surface area (Å²) >= 11 is 0. The maximum Gasteiger partial charge on any atom is 0.140 e. The molecule has 0 N–H and O–H groups in total. The number of hydrogen-bond donors (Lipinski definition) is 0. The Balaban J connectivity index is 1.66. The minimum atomic E-state index is -1.13. The van der Waals surface area contributed by atoms with E-state index in [1.807, 2.05) is 41.1 Å². The van der Waals surface area contributed by atoms with E-state index in [4.69, 9.17) is 9.84 Å². The van der Waals surface area contributed by atoms with Crippen LogP contribution in [0.2, 0.25) is 25.7 Å². The number of aromatic nitrogens is 2. The van der Waals surface area contributed by atoms with Gasteiger partial charge >= 0.3 is 0 Å². The maximum absolute atomic E-state index is 6.05. The molecular formula is C29H32N2OSi. The van der Waals surface area contributed by atoms with Crippen LogP contribution in [0.5, 0.6) is 0 Å². The van der Waals surface area contributed by atoms with E-state index >= 15 is 0 Å². The molecule has 0 bridgehead atoms. The quantitative estimate of drug-likeness (QED) is 0.193. The molecule has 0 aliphatic carbocycles. The number of nitrogens with zero attached hydrogens (tertiary/aromatic N) is 2. The van der Waals surface area contributed by atoms with Crippen molar-refractivity contribution in [3.8, 4) is 0 Å². The minimum absolute atomic E-state index is 0.446. The number of rotatable bonds is 9. The molecule has 0 fully saturated rings. The highest BCUT2D eigenvalue weighted by Crippen LogP contribution is 2.28. The van der Waals surface area contributed by atoms with Crippen molar-refractivity contribution in [2.75, 3.05) is 6.61 Å². The molecule has 1 aromatic heterocycles. The zero-order valence-corrected chi connectivity index (χ0v) is 20.8. The van der Waals surface area contributed by atoms with Gasteiger partial charge in [0.2, 0.25) is 0 Å². The summed E-state index contributed by atoms with van der Waals surface area (Å²) in [5.74, 6) is 0. The zero-order valence-electron chi connectivity index (χ0n) is 19.8. The van der Waals surface area contributed by atoms with Crippen molar-refractivity contribution in [1.82, 2.24) is 9.78 Å². The Labute approximate surface area is 198 Å². The summed E-state index contributed by atoms with van der Waals surface area (Å²) in [6, 6.07) is 28.2. The first kappa shape index (κ1) is 23.0. The molecule has 0 unspecified atom stereocenters. The van der Waals surface area contributed by atoms with Crippen molar-refractivity contribution in [2.24, 2.45) is 0 Å². The van der Waals surface area contributed by atoms with Gasteiger partial charge in [-0.25, -0.2) is 4.68 Å². The average molecular weight is 453 g/mol. The Bertz CT molecular complexity index is 1250. The van der Waals surface area contributed by atoms with Gasteiger partial charge in [-0.15, -0.1) is 0 Å². The van der Waals surface area contributed by atoms with Gasteiger partial charge in [0.25, 0.3) is 0 Å². The molecular weight excluding hydrogens is 420 g/mol. The lowest BCUT2D eigenvalue weighted by atomic mass is 9.98. The molecule has 0 radical (unpaired) electrons. The van der Waals surface area contributed by atoms with Gasteiger partial charge in [-0.2, -0.15) is 5.10 Å². The van der Waals surface area contributed by atoms with Crippen LogP contribution in [-0.4, -0.2) is 24.5 Å². The van der Waals surface area contributed by atoms with E-state index in [9.17, 15) is 0 Å². The predicted octanol–water partition coefficient (Wildman–Crippen LogP) is 7.58. The van der Waals surface area contributed by atoms with Crippen molar-refractivity contribution < 1.29 is 4.74 Å². The molecule has 3 aromatic carbocycles. The fourth-order valence-electron chi connectivity index (χ4n) is 3.68. The van der Waals surface area contributed by atoms with E-state index in [-0.39, 0.29) is 0 Å². The van der Waals surface area contributed by atoms with Gasteiger partial charge < -0.3 is 4.74 Å². The maximum atomic E-state index is 6.05. The van der Waals surface area contributed by atoms with E-state index in [0.717, 1.165) is 51.5 Å². The number of ether oxygens (including phenoxy) is 1. The minimum Gasteiger partial charge on any atom is -0.360 e. The smallest absolute Gasteiger partial charge is 0.140 e. The molecule has 4 aromatic rings. The van der Waals surface area contributed by atoms with Gasteiger partial charge in [-0.1, -0.05) is 99.0 Å². The van der Waals surface area contributed by atoms with E-state index in [0.29, 0.717) is 6.73 Å². The Kier molecular flexibility index (Phi) is 7.07. The molecule has 0 saturated carbocycles. The Morgan fingerprint density at radius 1 is 0.909 bits per heavy atom. The molecule has 4 rings (SSSR count). The average Bonchev–Trinajstić information content (AvgIpc) is 3.17. The zero-order chi connectivity index (χ0) is 23.3. The van der Waals surface area contributed by atoms with Crippen LogP contribution < -0.4 is 0 Å². The summed E-state index contributed by atoms with van der Waals surface area (Å²) in [4.78, 5) is 0. The Hall–Kier alpha value is -3.21. The van der Waals surface area contributed by atoms with E-state index in [1.165, 1.54) is 0 Å². The van der Waals surface area contributed by atoms with Crippen molar-refractivity contribution in [2.45, 2.75) is 32.4 Å². The van der Waals surface area contributed by atoms with Crippen molar-refractivity contribution in [1.29, 1.82) is 0 Å². The number of hydrogen-bond acceptors (Lipinski definition) is 2. The highest BCUT2D eigenvalue weighted by molar-refractivity contribution is 6.76. The summed E-state index contributed by atoms with van der Waals surface area (Å²) in [6.07, 6.45) is 4.19. The first-order chi connectivity index (χ1) is 15.9. The van der Waals surface area contributed by atoms with Crippen LogP contribution in [0.4, 0.5) is 0 Å². The summed E-state index contributed by atoms with van der Waals surface area (Å²) in [5, 5.41) is 6.01. The second kappa shape index (κ2) is 10.2.